The number of fused-ring (bicyclic) bond motifs is 4. The zero-order valence-electron chi connectivity index (χ0n) is 66.4. The molecule has 0 amide bonds. The molecule has 0 saturated carbocycles. The van der Waals surface area contributed by atoms with Gasteiger partial charge in [0.15, 0.2) is 0 Å². The van der Waals surface area contributed by atoms with Crippen molar-refractivity contribution in [2.45, 2.75) is 0 Å². The van der Waals surface area contributed by atoms with E-state index in [4.69, 9.17) is 23.3 Å². The maximum absolute atomic E-state index is 10.5. The quantitative estimate of drug-likeness (QED) is 0.156. The predicted molar refractivity (Wildman–Crippen MR) is 269 cm³/mol. The van der Waals surface area contributed by atoms with Gasteiger partial charge in [-0.05, 0) is 89.0 Å². The molecule has 3 heterocycles. The van der Waals surface area contributed by atoms with Gasteiger partial charge in [-0.3, -0.25) is 4.98 Å². The lowest BCUT2D eigenvalue weighted by Crippen LogP contribution is -1.91. The second-order valence-electron chi connectivity index (χ2n) is 13.7. The third-order valence-corrected chi connectivity index (χ3v) is 11.6. The van der Waals surface area contributed by atoms with Crippen molar-refractivity contribution in [1.82, 2.24) is 9.97 Å². The lowest BCUT2D eigenvalue weighted by Gasteiger charge is -2.16. The van der Waals surface area contributed by atoms with Crippen molar-refractivity contribution < 1.29 is 48.0 Å². The molecule has 10 aromatic carbocycles. The molecule has 292 valence electrons. The lowest BCUT2D eigenvalue weighted by atomic mass is 9.87. The first-order chi connectivity index (χ1) is 45.8. The largest absolute Gasteiger partial charge is 0.254 e. The van der Waals surface area contributed by atoms with Crippen LogP contribution in [0.4, 0.5) is 0 Å². The van der Waals surface area contributed by atoms with Crippen LogP contribution in [0, 0.1) is 0 Å². The normalized spacial score (nSPS) is 19.6. The third-order valence-electron chi connectivity index (χ3n) is 10.3. The van der Waals surface area contributed by atoms with Crippen molar-refractivity contribution in [3.63, 3.8) is 0 Å². The Morgan fingerprint density at radius 3 is 1.76 bits per heavy atom. The summed E-state index contributed by atoms with van der Waals surface area (Å²) in [4.78, 5) is 7.32. The Bertz CT molecular complexity index is 5920. The monoisotopic (exact) mass is 851 g/mol. The van der Waals surface area contributed by atoms with Gasteiger partial charge in [-0.1, -0.05) is 193 Å². The minimum absolute atomic E-state index is 0.322. The fraction of sp³-hybridized carbons (Fsp3) is 0. The molecule has 0 spiro atoms. The molecule has 13 aromatic rings. The molecule has 0 aliphatic rings. The Morgan fingerprint density at radius 1 is 0.365 bits per heavy atom. The Kier molecular flexibility index (Phi) is 3.50. The summed E-state index contributed by atoms with van der Waals surface area (Å²) in [7, 11) is 0. The highest BCUT2D eigenvalue weighted by atomic mass is 32.1. The van der Waals surface area contributed by atoms with Crippen LogP contribution < -0.4 is 0 Å². The van der Waals surface area contributed by atoms with Crippen LogP contribution >= 0.6 is 11.3 Å². The summed E-state index contributed by atoms with van der Waals surface area (Å²) >= 11 is 0.330. The SMILES string of the molecule is [2H]c1nc2c(c([2H])c1[2H])c([2H])c([2H])c1c([2H])c([2H])c(-c3c([2H])c([2H])c(-c4c([2H])c([2H])c([2H])c(-c5c(-c6c([2H])c([2H])c([2H])c([2H])c6[2H])sc(-c6cc([2H])c7c([2H])c([2H])c8c([2H])c([2H])c([2H])c9c([2H])c([2H])c6c7c89)c5-c5c([2H])c([2H])c([2H])c([2H])c5[2H])c4[2H])c4c([2H])c([2H])c([2H])c([2H])c34)nc12. The van der Waals surface area contributed by atoms with E-state index < -0.39 is 331 Å². The first kappa shape index (κ1) is 15.4. The number of hydrogen-bond donors (Lipinski definition) is 0. The summed E-state index contributed by atoms with van der Waals surface area (Å²) in [6.45, 7) is 0. The number of hydrogen-bond acceptors (Lipinski definition) is 3. The second kappa shape index (κ2) is 14.3. The summed E-state index contributed by atoms with van der Waals surface area (Å²) in [5, 5.41) is -5.19. The molecule has 0 unspecified atom stereocenters. The van der Waals surface area contributed by atoms with Crippen LogP contribution in [0.2, 0.25) is 0 Å². The molecule has 3 aromatic heterocycles. The van der Waals surface area contributed by atoms with Crippen molar-refractivity contribution >= 4 is 76.2 Å². The molecule has 3 heteroatoms. The van der Waals surface area contributed by atoms with Crippen molar-refractivity contribution in [2.75, 3.05) is 0 Å². The topological polar surface area (TPSA) is 25.8 Å². The molecule has 13 rings (SSSR count). The van der Waals surface area contributed by atoms with Gasteiger partial charge in [-0.25, -0.2) is 4.98 Å². The number of rotatable bonds is 6. The van der Waals surface area contributed by atoms with E-state index in [1.807, 2.05) is 0 Å². The van der Waals surface area contributed by atoms with Crippen LogP contribution in [-0.4, -0.2) is 9.97 Å². The Balaban J connectivity index is 1.27. The Labute approximate surface area is 417 Å². The Hall–Kier alpha value is -7.98. The molecule has 0 atom stereocenters. The van der Waals surface area contributed by atoms with E-state index in [1.54, 1.807) is 0 Å². The summed E-state index contributed by atoms with van der Waals surface area (Å²) in [5.41, 5.74) is -9.50. The number of pyridine rings is 2. The Morgan fingerprint density at radius 2 is 0.952 bits per heavy atom. The first-order valence-electron chi connectivity index (χ1n) is 36.1. The van der Waals surface area contributed by atoms with E-state index in [0.717, 1.165) is 6.07 Å². The van der Waals surface area contributed by atoms with Gasteiger partial charge in [0.2, 0.25) is 0 Å². The zero-order valence-corrected chi connectivity index (χ0v) is 32.2. The molecular formula is C60H36N2S. The maximum Gasteiger partial charge on any atom is 0.0972 e. The molecule has 0 bridgehead atoms. The van der Waals surface area contributed by atoms with Crippen LogP contribution in [0.25, 0.3) is 130 Å². The number of aromatic nitrogens is 2. The summed E-state index contributed by atoms with van der Waals surface area (Å²) in [6, 6.07) is -31.9. The van der Waals surface area contributed by atoms with Gasteiger partial charge in [0.25, 0.3) is 0 Å². The van der Waals surface area contributed by atoms with Crippen LogP contribution in [-0.2, 0) is 0 Å². The number of nitrogens with zero attached hydrogens (tertiary/aromatic N) is 2. The highest BCUT2D eigenvalue weighted by Gasteiger charge is 2.25. The van der Waals surface area contributed by atoms with Crippen molar-refractivity contribution in [3.8, 4) is 65.5 Å². The third kappa shape index (κ3) is 5.71. The van der Waals surface area contributed by atoms with Gasteiger partial charge in [0, 0.05) is 49.0 Å². The van der Waals surface area contributed by atoms with E-state index in [0.29, 0.717) is 11.3 Å². The van der Waals surface area contributed by atoms with Crippen LogP contribution in [0.5, 0.6) is 0 Å². The van der Waals surface area contributed by atoms with Crippen molar-refractivity contribution in [1.29, 1.82) is 0 Å². The number of benzene rings is 10. The standard InChI is InChI=1S/C60H36N2S/c1-3-12-37(13-4-1)55-56(59(43-14-5-2-6-15-43)63-60(55)51-31-28-40-24-23-38-16-9-17-39-27-30-50(51)54(40)53(38)39)45-19-10-18-44(36-45)46-32-33-49(48-22-8-7-21-47(46)48)52-34-29-42-26-25-41-20-11-35-61-57(41)58(42)62-52/h1-36H/i1D,2D,3D,4D,5D,6D,7D,8D,9D,10D,11D,12D,13D,14D,15D,16D,17D,18D,19D,20D,21D,22D,23D,24D,25D,26D,27D,28D,29D,30D,32D,33D,34D,35D,36D. The molecule has 0 saturated heterocycles. The van der Waals surface area contributed by atoms with Gasteiger partial charge in [-0.2, -0.15) is 0 Å². The maximum atomic E-state index is 10.5. The van der Waals surface area contributed by atoms with Gasteiger partial charge in [-0.15, -0.1) is 11.3 Å². The molecule has 0 aliphatic carbocycles. The molecule has 63 heavy (non-hydrogen) atoms. The zero-order chi connectivity index (χ0) is 71.9. The van der Waals surface area contributed by atoms with Crippen molar-refractivity contribution in [3.05, 3.63) is 218 Å². The van der Waals surface area contributed by atoms with Crippen LogP contribution in [0.15, 0.2) is 218 Å². The second-order valence-corrected chi connectivity index (χ2v) is 14.7. The summed E-state index contributed by atoms with van der Waals surface area (Å²) in [6.07, 6.45) is -0.822. The first-order valence-corrected chi connectivity index (χ1v) is 19.4. The number of thiophene rings is 1. The van der Waals surface area contributed by atoms with Crippen LogP contribution in [0.1, 0.15) is 48.0 Å². The molecule has 2 nitrogen and oxygen atoms in total. The van der Waals surface area contributed by atoms with E-state index in [1.165, 1.54) is 0 Å². The predicted octanol–water partition coefficient (Wildman–Crippen LogP) is 16.9. The average molecular weight is 852 g/mol. The minimum Gasteiger partial charge on any atom is -0.254 e. The molecule has 0 aliphatic heterocycles. The van der Waals surface area contributed by atoms with E-state index in [9.17, 15) is 24.7 Å². The smallest absolute Gasteiger partial charge is 0.0972 e. The summed E-state index contributed by atoms with van der Waals surface area (Å²) in [5.74, 6) is 0. The van der Waals surface area contributed by atoms with Gasteiger partial charge < -0.3 is 0 Å². The van der Waals surface area contributed by atoms with Gasteiger partial charge >= 0.3 is 0 Å². The highest BCUT2D eigenvalue weighted by molar-refractivity contribution is 7.20. The molecule has 0 fully saturated rings. The molecule has 0 N–H and O–H groups in total. The van der Waals surface area contributed by atoms with Crippen molar-refractivity contribution in [2.24, 2.45) is 0 Å². The van der Waals surface area contributed by atoms with Gasteiger partial charge in [0.1, 0.15) is 0 Å². The molecular weight excluding hydrogens is 781 g/mol. The fourth-order valence-corrected chi connectivity index (χ4v) is 8.93. The molecule has 0 radical (unpaired) electrons. The average Bonchev–Trinajstić information content (AvgIpc) is 0.876. The fourth-order valence-electron chi connectivity index (χ4n) is 7.64. The van der Waals surface area contributed by atoms with E-state index in [-0.39, 0.29) is 10.8 Å². The highest BCUT2D eigenvalue weighted by Crippen LogP contribution is 2.54. The van der Waals surface area contributed by atoms with Crippen LogP contribution in [0.3, 0.4) is 0 Å². The summed E-state index contributed by atoms with van der Waals surface area (Å²) < 4.78 is 323. The van der Waals surface area contributed by atoms with E-state index in [2.05, 4.69) is 9.97 Å². The minimum atomic E-state index is -1.24. The van der Waals surface area contributed by atoms with Gasteiger partial charge in [0.05, 0.1) is 64.7 Å². The lowest BCUT2D eigenvalue weighted by molar-refractivity contribution is 1.37. The van der Waals surface area contributed by atoms with E-state index >= 15 is 0 Å².